The van der Waals surface area contributed by atoms with Crippen molar-refractivity contribution >= 4 is 40.4 Å². The number of hydrogen-bond acceptors (Lipinski definition) is 6. The Morgan fingerprint density at radius 2 is 1.68 bits per heavy atom. The number of rotatable bonds is 8. The zero-order chi connectivity index (χ0) is 29.1. The van der Waals surface area contributed by atoms with E-state index in [0.717, 1.165) is 11.3 Å². The lowest BCUT2D eigenvalue weighted by atomic mass is 9.87. The van der Waals surface area contributed by atoms with Gasteiger partial charge in [-0.05, 0) is 76.7 Å². The number of ether oxygens (including phenoxy) is 3. The van der Waals surface area contributed by atoms with E-state index in [-0.39, 0.29) is 22.6 Å². The second-order valence-corrected chi connectivity index (χ2v) is 11.3. The number of amides is 1. The van der Waals surface area contributed by atoms with Crippen molar-refractivity contribution in [2.45, 2.75) is 26.2 Å². The topological polar surface area (TPSA) is 84.2 Å². The van der Waals surface area contributed by atoms with Crippen LogP contribution in [0.5, 0.6) is 17.2 Å². The number of fused-ring (bicyclic) bond motifs is 1. The van der Waals surface area contributed by atoms with Crippen LogP contribution in [0.4, 0.5) is 4.39 Å². The summed E-state index contributed by atoms with van der Waals surface area (Å²) in [5, 5.41) is 11.0. The first-order chi connectivity index (χ1) is 19.6. The van der Waals surface area contributed by atoms with Crippen LogP contribution >= 0.6 is 11.8 Å². The molecule has 3 aromatic rings. The van der Waals surface area contributed by atoms with Crippen molar-refractivity contribution in [3.05, 3.63) is 100 Å². The Bertz CT molecular complexity index is 1570. The van der Waals surface area contributed by atoms with E-state index in [9.17, 15) is 9.18 Å². The quantitative estimate of drug-likeness (QED) is 0.234. The van der Waals surface area contributed by atoms with E-state index < -0.39 is 5.91 Å². The van der Waals surface area contributed by atoms with Crippen LogP contribution in [-0.2, 0) is 10.2 Å². The minimum absolute atomic E-state index is 0.00690. The normalized spacial score (nSPS) is 15.9. The van der Waals surface area contributed by atoms with Gasteiger partial charge in [-0.15, -0.1) is 0 Å². The van der Waals surface area contributed by atoms with Crippen molar-refractivity contribution in [2.24, 2.45) is 4.99 Å². The molecule has 0 spiro atoms. The standard InChI is InChI=1S/C32H30FN3O4S/c1-32(2,3)22-8-12-24(13-9-22)39-15-16-40-27-14-5-20(18-28(27)38-4)17-25-29(34)36-26(19-41-31(36)35-30(25)37)21-6-10-23(33)11-7-21/h5-14,17-19,34H,15-16H2,1-4H3/b25-17+,34-29?. The Morgan fingerprint density at radius 1 is 0.976 bits per heavy atom. The third kappa shape index (κ3) is 6.20. The molecule has 41 heavy (non-hydrogen) atoms. The second-order valence-electron chi connectivity index (χ2n) is 10.5. The molecule has 1 N–H and O–H groups in total. The van der Waals surface area contributed by atoms with Gasteiger partial charge in [-0.1, -0.05) is 50.7 Å². The summed E-state index contributed by atoms with van der Waals surface area (Å²) in [5.74, 6) is 0.927. The molecule has 0 aromatic heterocycles. The first-order valence-electron chi connectivity index (χ1n) is 13.0. The molecule has 2 aliphatic rings. The summed E-state index contributed by atoms with van der Waals surface area (Å²) in [6, 6.07) is 19.3. The van der Waals surface area contributed by atoms with E-state index in [0.29, 0.717) is 41.1 Å². The molecule has 3 aromatic carbocycles. The van der Waals surface area contributed by atoms with Crippen molar-refractivity contribution in [3.63, 3.8) is 0 Å². The molecule has 9 heteroatoms. The summed E-state index contributed by atoms with van der Waals surface area (Å²) in [6.07, 6.45) is 1.60. The van der Waals surface area contributed by atoms with E-state index in [1.54, 1.807) is 46.7 Å². The van der Waals surface area contributed by atoms with Gasteiger partial charge >= 0.3 is 0 Å². The highest BCUT2D eigenvalue weighted by atomic mass is 32.2. The lowest BCUT2D eigenvalue weighted by Crippen LogP contribution is -2.38. The SMILES string of the molecule is COc1cc(/C=C2\C(=N)N3C(c4ccc(F)cc4)=CSC3=NC2=O)ccc1OCCOc1ccc(C(C)(C)C)cc1. The van der Waals surface area contributed by atoms with Crippen LogP contribution in [0.1, 0.15) is 37.5 Å². The Labute approximate surface area is 242 Å². The number of amidine groups is 2. The maximum absolute atomic E-state index is 13.4. The van der Waals surface area contributed by atoms with Crippen molar-refractivity contribution in [3.8, 4) is 17.2 Å². The zero-order valence-electron chi connectivity index (χ0n) is 23.2. The molecule has 0 aliphatic carbocycles. The van der Waals surface area contributed by atoms with E-state index in [1.165, 1.54) is 36.6 Å². The van der Waals surface area contributed by atoms with Gasteiger partial charge in [0.1, 0.15) is 30.6 Å². The van der Waals surface area contributed by atoms with Gasteiger partial charge in [0.2, 0.25) is 0 Å². The molecule has 0 fully saturated rings. The van der Waals surface area contributed by atoms with Gasteiger partial charge < -0.3 is 14.2 Å². The number of nitrogens with zero attached hydrogens (tertiary/aromatic N) is 2. The maximum Gasteiger partial charge on any atom is 0.283 e. The smallest absolute Gasteiger partial charge is 0.283 e. The van der Waals surface area contributed by atoms with Crippen LogP contribution in [0.25, 0.3) is 11.8 Å². The number of aliphatic imine (C=N–C) groups is 1. The third-order valence-corrected chi connectivity index (χ3v) is 7.41. The number of carbonyl (C=O) groups is 1. The van der Waals surface area contributed by atoms with Gasteiger partial charge in [0.25, 0.3) is 5.91 Å². The molecule has 2 aliphatic heterocycles. The van der Waals surface area contributed by atoms with Crippen LogP contribution in [0.2, 0.25) is 0 Å². The summed E-state index contributed by atoms with van der Waals surface area (Å²) in [5.41, 5.74) is 3.48. The second kappa shape index (κ2) is 11.6. The van der Waals surface area contributed by atoms with Crippen molar-refractivity contribution in [1.82, 2.24) is 4.90 Å². The molecule has 2 heterocycles. The lowest BCUT2D eigenvalue weighted by Gasteiger charge is -2.27. The minimum Gasteiger partial charge on any atom is -0.493 e. The number of nitrogens with one attached hydrogen (secondary N) is 1. The van der Waals surface area contributed by atoms with Crippen molar-refractivity contribution < 1.29 is 23.4 Å². The zero-order valence-corrected chi connectivity index (χ0v) is 24.0. The monoisotopic (exact) mass is 571 g/mol. The molecule has 0 radical (unpaired) electrons. The molecular weight excluding hydrogens is 541 g/mol. The molecular formula is C32H30FN3O4S. The van der Waals surface area contributed by atoms with Crippen LogP contribution in [0, 0.1) is 11.2 Å². The Hall–Kier alpha value is -4.37. The van der Waals surface area contributed by atoms with Crippen LogP contribution in [0.3, 0.4) is 0 Å². The maximum atomic E-state index is 13.4. The molecule has 210 valence electrons. The average molecular weight is 572 g/mol. The van der Waals surface area contributed by atoms with Gasteiger partial charge in [-0.3, -0.25) is 15.1 Å². The molecule has 1 amide bonds. The van der Waals surface area contributed by atoms with Crippen LogP contribution in [0.15, 0.2) is 82.7 Å². The van der Waals surface area contributed by atoms with Gasteiger partial charge in [-0.25, -0.2) is 4.39 Å². The van der Waals surface area contributed by atoms with Crippen molar-refractivity contribution in [2.75, 3.05) is 20.3 Å². The van der Waals surface area contributed by atoms with E-state index in [1.807, 2.05) is 12.1 Å². The summed E-state index contributed by atoms with van der Waals surface area (Å²) in [7, 11) is 1.54. The molecule has 0 saturated carbocycles. The molecule has 7 nitrogen and oxygen atoms in total. The summed E-state index contributed by atoms with van der Waals surface area (Å²) in [6.45, 7) is 7.17. The van der Waals surface area contributed by atoms with Gasteiger partial charge in [0, 0.05) is 5.41 Å². The van der Waals surface area contributed by atoms with Gasteiger partial charge in [0.15, 0.2) is 16.7 Å². The average Bonchev–Trinajstić information content (AvgIpc) is 3.37. The Kier molecular flexibility index (Phi) is 7.99. The number of halogens is 1. The molecule has 0 unspecified atom stereocenters. The summed E-state index contributed by atoms with van der Waals surface area (Å²) >= 11 is 1.25. The van der Waals surface area contributed by atoms with E-state index in [4.69, 9.17) is 19.6 Å². The largest absolute Gasteiger partial charge is 0.493 e. The molecule has 0 atom stereocenters. The Morgan fingerprint density at radius 3 is 2.37 bits per heavy atom. The predicted octanol–water partition coefficient (Wildman–Crippen LogP) is 6.89. The first kappa shape index (κ1) is 28.2. The van der Waals surface area contributed by atoms with Crippen LogP contribution < -0.4 is 14.2 Å². The highest BCUT2D eigenvalue weighted by Crippen LogP contribution is 2.38. The molecule has 0 bridgehead atoms. The fourth-order valence-corrected chi connectivity index (χ4v) is 5.24. The number of carbonyl (C=O) groups excluding carboxylic acids is 1. The van der Waals surface area contributed by atoms with E-state index in [2.05, 4.69) is 37.9 Å². The number of methoxy groups -OCH3 is 1. The van der Waals surface area contributed by atoms with Gasteiger partial charge in [-0.2, -0.15) is 4.99 Å². The minimum atomic E-state index is -0.505. The fourth-order valence-electron chi connectivity index (χ4n) is 4.35. The molecule has 0 saturated heterocycles. The van der Waals surface area contributed by atoms with E-state index >= 15 is 0 Å². The van der Waals surface area contributed by atoms with Gasteiger partial charge in [0.05, 0.1) is 18.4 Å². The number of thioether (sulfide) groups is 1. The Balaban J connectivity index is 1.26. The number of benzene rings is 3. The number of hydrogen-bond donors (Lipinski definition) is 1. The highest BCUT2D eigenvalue weighted by Gasteiger charge is 2.36. The summed E-state index contributed by atoms with van der Waals surface area (Å²) in [4.78, 5) is 18.6. The van der Waals surface area contributed by atoms with Crippen LogP contribution in [-0.4, -0.2) is 42.1 Å². The third-order valence-electron chi connectivity index (χ3n) is 6.58. The lowest BCUT2D eigenvalue weighted by molar-refractivity contribution is -0.114. The predicted molar refractivity (Wildman–Crippen MR) is 161 cm³/mol. The summed E-state index contributed by atoms with van der Waals surface area (Å²) < 4.78 is 30.7. The van der Waals surface area contributed by atoms with Crippen molar-refractivity contribution in [1.29, 1.82) is 5.41 Å². The fraction of sp³-hybridized carbons (Fsp3) is 0.219. The first-order valence-corrected chi connectivity index (χ1v) is 13.9. The highest BCUT2D eigenvalue weighted by molar-refractivity contribution is 8.17. The molecule has 5 rings (SSSR count).